The summed E-state index contributed by atoms with van der Waals surface area (Å²) >= 11 is 0. The van der Waals surface area contributed by atoms with Gasteiger partial charge in [0, 0.05) is 47.3 Å². The third-order valence-electron chi connectivity index (χ3n) is 13.3. The fraction of sp³-hybridized carbons (Fsp3) is 0.939. The third kappa shape index (κ3) is 16.9. The van der Waals surface area contributed by atoms with Crippen LogP contribution in [0.4, 0.5) is 17.8 Å². The second-order valence-corrected chi connectivity index (χ2v) is 21.2. The van der Waals surface area contributed by atoms with E-state index in [1.165, 1.54) is 64.2 Å². The molecule has 12 nitrogen and oxygen atoms in total. The van der Waals surface area contributed by atoms with Crippen LogP contribution in [-0.4, -0.2) is 109 Å². The maximum absolute atomic E-state index is 10.0. The highest BCUT2D eigenvalue weighted by molar-refractivity contribution is 5.45. The number of nitrogens with one attached hydrogen (secondary N) is 2. The second-order valence-electron chi connectivity index (χ2n) is 21.2. The lowest BCUT2D eigenvalue weighted by Crippen LogP contribution is -2.62. The predicted octanol–water partition coefficient (Wildman–Crippen LogP) is 10.9. The van der Waals surface area contributed by atoms with Gasteiger partial charge >= 0.3 is 0 Å². The minimum atomic E-state index is -0.151. The van der Waals surface area contributed by atoms with E-state index in [2.05, 4.69) is 104 Å². The summed E-state index contributed by atoms with van der Waals surface area (Å²) in [4.78, 5) is 30.2. The average molecular weight is 861 g/mol. The number of hydroxylamine groups is 4. The van der Waals surface area contributed by atoms with Crippen molar-refractivity contribution in [2.75, 3.05) is 55.1 Å². The van der Waals surface area contributed by atoms with E-state index in [0.29, 0.717) is 42.8 Å². The van der Waals surface area contributed by atoms with Crippen LogP contribution in [0.1, 0.15) is 212 Å². The molecule has 0 spiro atoms. The number of aliphatic hydroxyl groups is 2. The Kier molecular flexibility index (Phi) is 23.0. The van der Waals surface area contributed by atoms with Gasteiger partial charge < -0.3 is 25.7 Å². The molecule has 2 unspecified atom stereocenters. The molecule has 0 aliphatic carbocycles. The van der Waals surface area contributed by atoms with E-state index >= 15 is 0 Å². The molecule has 356 valence electrons. The maximum Gasteiger partial charge on any atom is 0.232 e. The SMILES string of the molecule is CCCCCCCCON1C(C)(C)CC(C(CCC)Nc2nc(NC(CCC)C3CC(C)(C)N(OCCCCCCCC)C(C)(C)C3)nc(N(CCO)CCO)n2)CC1(C)C. The molecule has 2 aliphatic rings. The lowest BCUT2D eigenvalue weighted by Gasteiger charge is -2.55. The normalized spacial score (nSPS) is 20.4. The highest BCUT2D eigenvalue weighted by Crippen LogP contribution is 2.45. The summed E-state index contributed by atoms with van der Waals surface area (Å²) in [6.07, 6.45) is 23.0. The summed E-state index contributed by atoms with van der Waals surface area (Å²) in [7, 11) is 0. The molecule has 3 rings (SSSR count). The van der Waals surface area contributed by atoms with Crippen molar-refractivity contribution in [3.8, 4) is 0 Å². The number of aliphatic hydroxyl groups excluding tert-OH is 2. The first-order chi connectivity index (χ1) is 29.0. The van der Waals surface area contributed by atoms with Crippen LogP contribution >= 0.6 is 0 Å². The molecule has 61 heavy (non-hydrogen) atoms. The van der Waals surface area contributed by atoms with Gasteiger partial charge in [0.25, 0.3) is 0 Å². The van der Waals surface area contributed by atoms with Gasteiger partial charge in [-0.2, -0.15) is 25.1 Å². The second kappa shape index (κ2) is 26.2. The fourth-order valence-corrected chi connectivity index (χ4v) is 11.0. The molecule has 0 radical (unpaired) electrons. The van der Waals surface area contributed by atoms with Gasteiger partial charge in [0.15, 0.2) is 0 Å². The number of anilines is 3. The van der Waals surface area contributed by atoms with E-state index < -0.39 is 0 Å². The predicted molar refractivity (Wildman–Crippen MR) is 255 cm³/mol. The zero-order valence-corrected chi connectivity index (χ0v) is 41.6. The van der Waals surface area contributed by atoms with Crippen LogP contribution < -0.4 is 15.5 Å². The van der Waals surface area contributed by atoms with Gasteiger partial charge in [0.2, 0.25) is 17.8 Å². The van der Waals surface area contributed by atoms with Crippen molar-refractivity contribution < 1.29 is 19.9 Å². The molecule has 2 fully saturated rings. The minimum absolute atomic E-state index is 0.0680. The molecule has 1 aromatic rings. The Bertz CT molecular complexity index is 1220. The number of nitrogens with zero attached hydrogens (tertiary/aromatic N) is 6. The monoisotopic (exact) mass is 861 g/mol. The number of hydrogen-bond acceptors (Lipinski definition) is 12. The zero-order valence-electron chi connectivity index (χ0n) is 41.6. The van der Waals surface area contributed by atoms with Gasteiger partial charge in [-0.25, -0.2) is 0 Å². The lowest BCUT2D eigenvalue weighted by atomic mass is 9.71. The van der Waals surface area contributed by atoms with Crippen molar-refractivity contribution in [3.63, 3.8) is 0 Å². The van der Waals surface area contributed by atoms with Crippen molar-refractivity contribution in [2.45, 2.75) is 246 Å². The number of hydrogen-bond donors (Lipinski definition) is 4. The van der Waals surface area contributed by atoms with Gasteiger partial charge in [-0.05, 0) is 119 Å². The molecule has 4 N–H and O–H groups in total. The van der Waals surface area contributed by atoms with Crippen molar-refractivity contribution >= 4 is 17.8 Å². The Labute approximate surface area is 374 Å². The van der Waals surface area contributed by atoms with Crippen LogP contribution in [0.5, 0.6) is 0 Å². The van der Waals surface area contributed by atoms with Crippen LogP contribution in [0.25, 0.3) is 0 Å². The van der Waals surface area contributed by atoms with E-state index in [4.69, 9.17) is 24.6 Å². The quantitative estimate of drug-likeness (QED) is 0.0530. The maximum atomic E-state index is 10.0. The Morgan fingerprint density at radius 1 is 0.541 bits per heavy atom. The number of aromatic nitrogens is 3. The minimum Gasteiger partial charge on any atom is -0.395 e. The van der Waals surface area contributed by atoms with E-state index in [-0.39, 0.29) is 47.5 Å². The lowest BCUT2D eigenvalue weighted by molar-refractivity contribution is -0.289. The van der Waals surface area contributed by atoms with Gasteiger partial charge in [0.05, 0.1) is 26.4 Å². The summed E-state index contributed by atoms with van der Waals surface area (Å²) in [5.74, 6) is 2.28. The summed E-state index contributed by atoms with van der Waals surface area (Å²) < 4.78 is 0. The van der Waals surface area contributed by atoms with Crippen molar-refractivity contribution in [1.29, 1.82) is 0 Å². The van der Waals surface area contributed by atoms with Crippen LogP contribution in [0.3, 0.4) is 0 Å². The van der Waals surface area contributed by atoms with Crippen LogP contribution in [0, 0.1) is 11.8 Å². The standard InChI is InChI=1S/C49H96N8O4/c1-13-17-19-21-23-25-33-60-56-46(5,6)35-39(36-47(56,7)8)41(27-15-3)50-43-52-44(54-45(53-43)55(29-31-58)30-32-59)51-42(28-16-4)40-37-48(9,10)57(49(11,12)38-40)61-34-26-24-22-20-18-14-2/h39-42,58-59H,13-38H2,1-12H3,(H2,50,51,52,53,54). The van der Waals surface area contributed by atoms with Crippen LogP contribution in [0.2, 0.25) is 0 Å². The van der Waals surface area contributed by atoms with Gasteiger partial charge in [0.1, 0.15) is 0 Å². The van der Waals surface area contributed by atoms with Gasteiger partial charge in [-0.15, -0.1) is 0 Å². The Balaban J connectivity index is 1.86. The molecule has 2 atom stereocenters. The first kappa shape index (κ1) is 53.5. The Morgan fingerprint density at radius 2 is 0.885 bits per heavy atom. The number of rotatable bonds is 31. The smallest absolute Gasteiger partial charge is 0.232 e. The van der Waals surface area contributed by atoms with Crippen LogP contribution in [-0.2, 0) is 9.68 Å². The number of piperidine rings is 2. The molecule has 2 aliphatic heterocycles. The highest BCUT2D eigenvalue weighted by atomic mass is 16.7. The summed E-state index contributed by atoms with van der Waals surface area (Å²) in [6, 6.07) is 0.287. The van der Waals surface area contributed by atoms with E-state index in [0.717, 1.165) is 77.4 Å². The van der Waals surface area contributed by atoms with Crippen molar-refractivity contribution in [2.24, 2.45) is 11.8 Å². The van der Waals surface area contributed by atoms with Crippen molar-refractivity contribution in [1.82, 2.24) is 25.1 Å². The highest BCUT2D eigenvalue weighted by Gasteiger charge is 2.50. The molecular weight excluding hydrogens is 765 g/mol. The summed E-state index contributed by atoms with van der Waals surface area (Å²) in [5.41, 5.74) is -0.603. The van der Waals surface area contributed by atoms with Crippen LogP contribution in [0.15, 0.2) is 0 Å². The molecule has 0 aromatic carbocycles. The van der Waals surface area contributed by atoms with E-state index in [1.807, 2.05) is 4.90 Å². The zero-order chi connectivity index (χ0) is 45.1. The topological polar surface area (TPSA) is 131 Å². The summed E-state index contributed by atoms with van der Waals surface area (Å²) in [5, 5.41) is 32.4. The third-order valence-corrected chi connectivity index (χ3v) is 13.3. The average Bonchev–Trinajstić information content (AvgIpc) is 3.17. The number of unbranched alkanes of at least 4 members (excludes halogenated alkanes) is 10. The fourth-order valence-electron chi connectivity index (χ4n) is 11.0. The summed E-state index contributed by atoms with van der Waals surface area (Å²) in [6.45, 7) is 29.7. The molecule has 0 saturated carbocycles. The first-order valence-electron chi connectivity index (χ1n) is 25.1. The largest absolute Gasteiger partial charge is 0.395 e. The van der Waals surface area contributed by atoms with Crippen molar-refractivity contribution in [3.05, 3.63) is 0 Å². The molecule has 0 bridgehead atoms. The molecule has 1 aromatic heterocycles. The van der Waals surface area contributed by atoms with Gasteiger partial charge in [-0.1, -0.05) is 105 Å². The van der Waals surface area contributed by atoms with E-state index in [1.54, 1.807) is 0 Å². The molecule has 12 heteroatoms. The molecule has 3 heterocycles. The Hall–Kier alpha value is -1.83. The van der Waals surface area contributed by atoms with E-state index in [9.17, 15) is 10.2 Å². The molecular formula is C49H96N8O4. The molecule has 2 saturated heterocycles. The first-order valence-corrected chi connectivity index (χ1v) is 25.1. The molecule has 0 amide bonds. The van der Waals surface area contributed by atoms with Gasteiger partial charge in [-0.3, -0.25) is 9.68 Å². The Morgan fingerprint density at radius 3 is 1.21 bits per heavy atom.